The Morgan fingerprint density at radius 3 is 1.42 bits per heavy atom. The molecule has 0 heterocycles. The molecule has 0 spiro atoms. The van der Waals surface area contributed by atoms with E-state index in [1.807, 2.05) is 30.3 Å². The summed E-state index contributed by atoms with van der Waals surface area (Å²) in [6.07, 6.45) is 17.0. The summed E-state index contributed by atoms with van der Waals surface area (Å²) in [5, 5.41) is 9.29. The Morgan fingerprint density at radius 2 is 1.12 bits per heavy atom. The first kappa shape index (κ1) is 25.3. The smallest absolute Gasteiger partial charge is 0.303 e. The quantitative estimate of drug-likeness (QED) is 0.232. The van der Waals surface area contributed by atoms with E-state index in [-0.39, 0.29) is 0 Å². The largest absolute Gasteiger partial charge is 0.481 e. The second-order valence-electron chi connectivity index (χ2n) is 6.76. The number of aliphatic carboxylic acids is 1. The summed E-state index contributed by atoms with van der Waals surface area (Å²) >= 11 is 9.75. The lowest BCUT2D eigenvalue weighted by Crippen LogP contribution is -1.93. The highest BCUT2D eigenvalue weighted by molar-refractivity contribution is 7.80. The molecule has 1 rings (SSSR count). The molecule has 0 saturated heterocycles. The van der Waals surface area contributed by atoms with E-state index in [1.54, 1.807) is 0 Å². The Bertz CT molecular complexity index is 412. The molecule has 150 valence electrons. The molecule has 2 nitrogen and oxygen atoms in total. The van der Waals surface area contributed by atoms with Crippen LogP contribution < -0.4 is 0 Å². The highest BCUT2D eigenvalue weighted by Gasteiger charge is 1.97. The maximum atomic E-state index is 10.3. The highest BCUT2D eigenvalue weighted by atomic mass is 35.5. The fourth-order valence-corrected chi connectivity index (χ4v) is 3.12. The van der Waals surface area contributed by atoms with E-state index in [0.29, 0.717) is 6.42 Å². The van der Waals surface area contributed by atoms with Gasteiger partial charge in [-0.2, -0.15) is 12.6 Å². The molecule has 0 unspecified atom stereocenters. The molecule has 0 aromatic heterocycles. The first-order valence-corrected chi connectivity index (χ1v) is 11.2. The molecule has 0 aliphatic heterocycles. The summed E-state index contributed by atoms with van der Waals surface area (Å²) in [4.78, 5) is 10.3. The van der Waals surface area contributed by atoms with Crippen molar-refractivity contribution in [2.24, 2.45) is 0 Å². The van der Waals surface area contributed by atoms with Gasteiger partial charge < -0.3 is 5.11 Å². The SMILES string of the molecule is Clc1ccccc1.O=C(O)CCCCCCCCCCCCCCCS. The van der Waals surface area contributed by atoms with E-state index < -0.39 is 5.97 Å². The summed E-state index contributed by atoms with van der Waals surface area (Å²) < 4.78 is 0. The van der Waals surface area contributed by atoms with E-state index in [4.69, 9.17) is 16.7 Å². The Hall–Kier alpha value is -0.670. The molecule has 0 saturated carbocycles. The lowest BCUT2D eigenvalue weighted by atomic mass is 10.0. The first-order valence-electron chi connectivity index (χ1n) is 10.2. The topological polar surface area (TPSA) is 37.3 Å². The van der Waals surface area contributed by atoms with Crippen LogP contribution in [0.25, 0.3) is 0 Å². The standard InChI is InChI=1S/C16H32O2S.C6H5Cl/c17-16(18)14-12-10-8-6-4-2-1-3-5-7-9-11-13-15-19;7-6-4-2-1-3-5-6/h19H,1-15H2,(H,17,18);1-5H. The van der Waals surface area contributed by atoms with Gasteiger partial charge in [0.1, 0.15) is 0 Å². The van der Waals surface area contributed by atoms with Gasteiger partial charge in [-0.3, -0.25) is 4.79 Å². The van der Waals surface area contributed by atoms with E-state index in [1.165, 1.54) is 70.6 Å². The van der Waals surface area contributed by atoms with Crippen molar-refractivity contribution in [2.75, 3.05) is 5.75 Å². The zero-order valence-electron chi connectivity index (χ0n) is 16.2. The van der Waals surface area contributed by atoms with E-state index in [2.05, 4.69) is 12.6 Å². The van der Waals surface area contributed by atoms with Gasteiger partial charge in [-0.05, 0) is 30.7 Å². The molecular weight excluding hydrogens is 364 g/mol. The van der Waals surface area contributed by atoms with Crippen LogP contribution in [0.1, 0.15) is 89.9 Å². The zero-order valence-corrected chi connectivity index (χ0v) is 17.8. The Morgan fingerprint density at radius 1 is 0.731 bits per heavy atom. The van der Waals surface area contributed by atoms with E-state index >= 15 is 0 Å². The molecular formula is C22H37ClO2S. The van der Waals surface area contributed by atoms with Crippen molar-refractivity contribution in [3.63, 3.8) is 0 Å². The molecule has 0 bridgehead atoms. The predicted molar refractivity (Wildman–Crippen MR) is 118 cm³/mol. The number of carboxylic acid groups (broad SMARTS) is 1. The maximum Gasteiger partial charge on any atom is 0.303 e. The number of carboxylic acids is 1. The van der Waals surface area contributed by atoms with Crippen LogP contribution in [-0.4, -0.2) is 16.8 Å². The fraction of sp³-hybridized carbons (Fsp3) is 0.682. The third-order valence-electron chi connectivity index (χ3n) is 4.28. The van der Waals surface area contributed by atoms with Gasteiger partial charge in [0, 0.05) is 11.4 Å². The van der Waals surface area contributed by atoms with Crippen LogP contribution in [-0.2, 0) is 4.79 Å². The average Bonchev–Trinajstić information content (AvgIpc) is 2.63. The number of hydrogen-bond acceptors (Lipinski definition) is 2. The minimum absolute atomic E-state index is 0.340. The van der Waals surface area contributed by atoms with Gasteiger partial charge >= 0.3 is 5.97 Å². The van der Waals surface area contributed by atoms with Crippen molar-refractivity contribution in [1.82, 2.24) is 0 Å². The predicted octanol–water partition coefficient (Wildman–Crippen LogP) is 7.80. The van der Waals surface area contributed by atoms with Gasteiger partial charge in [0.05, 0.1) is 0 Å². The minimum Gasteiger partial charge on any atom is -0.481 e. The van der Waals surface area contributed by atoms with Crippen molar-refractivity contribution in [1.29, 1.82) is 0 Å². The molecule has 0 radical (unpaired) electrons. The minimum atomic E-state index is -0.658. The monoisotopic (exact) mass is 400 g/mol. The molecule has 1 aromatic carbocycles. The summed E-state index contributed by atoms with van der Waals surface area (Å²) in [6, 6.07) is 9.44. The molecule has 0 aliphatic rings. The van der Waals surface area contributed by atoms with Gasteiger partial charge in [-0.15, -0.1) is 0 Å². The van der Waals surface area contributed by atoms with E-state index in [9.17, 15) is 4.79 Å². The molecule has 1 N–H and O–H groups in total. The number of hydrogen-bond donors (Lipinski definition) is 2. The van der Waals surface area contributed by atoms with Gasteiger partial charge in [0.2, 0.25) is 0 Å². The zero-order chi connectivity index (χ0) is 19.3. The van der Waals surface area contributed by atoms with Gasteiger partial charge in [-0.1, -0.05) is 100 Å². The second kappa shape index (κ2) is 20.6. The van der Waals surface area contributed by atoms with Crippen LogP contribution in [0.3, 0.4) is 0 Å². The molecule has 4 heteroatoms. The van der Waals surface area contributed by atoms with Gasteiger partial charge in [-0.25, -0.2) is 0 Å². The van der Waals surface area contributed by atoms with Crippen LogP contribution in [0.15, 0.2) is 30.3 Å². The lowest BCUT2D eigenvalue weighted by molar-refractivity contribution is -0.137. The molecule has 1 aromatic rings. The van der Waals surface area contributed by atoms with Gasteiger partial charge in [0.15, 0.2) is 0 Å². The fourth-order valence-electron chi connectivity index (χ4n) is 2.75. The van der Waals surface area contributed by atoms with Crippen LogP contribution in [0.5, 0.6) is 0 Å². The van der Waals surface area contributed by atoms with Crippen molar-refractivity contribution in [2.45, 2.75) is 89.9 Å². The van der Waals surface area contributed by atoms with Gasteiger partial charge in [0.25, 0.3) is 0 Å². The summed E-state index contributed by atoms with van der Waals surface area (Å²) in [5.41, 5.74) is 0. The maximum absolute atomic E-state index is 10.3. The number of benzene rings is 1. The molecule has 0 atom stereocenters. The molecule has 0 amide bonds. The third kappa shape index (κ3) is 21.4. The van der Waals surface area contributed by atoms with Crippen molar-refractivity contribution in [3.05, 3.63) is 35.4 Å². The van der Waals surface area contributed by atoms with Crippen molar-refractivity contribution < 1.29 is 9.90 Å². The average molecular weight is 401 g/mol. The molecule has 26 heavy (non-hydrogen) atoms. The van der Waals surface area contributed by atoms with Crippen LogP contribution >= 0.6 is 24.2 Å². The molecule has 0 fully saturated rings. The summed E-state index contributed by atoms with van der Waals surface area (Å²) in [5.74, 6) is 0.376. The Kier molecular flexibility index (Phi) is 20.1. The number of unbranched alkanes of at least 4 members (excludes halogenated alkanes) is 12. The lowest BCUT2D eigenvalue weighted by Gasteiger charge is -2.02. The third-order valence-corrected chi connectivity index (χ3v) is 4.85. The number of rotatable bonds is 15. The van der Waals surface area contributed by atoms with Crippen LogP contribution in [0.4, 0.5) is 0 Å². The van der Waals surface area contributed by atoms with Crippen LogP contribution in [0.2, 0.25) is 5.02 Å². The summed E-state index contributed by atoms with van der Waals surface area (Å²) in [7, 11) is 0. The number of halogens is 1. The normalized spacial score (nSPS) is 10.2. The first-order chi connectivity index (χ1) is 12.7. The highest BCUT2D eigenvalue weighted by Crippen LogP contribution is 2.13. The summed E-state index contributed by atoms with van der Waals surface area (Å²) in [6.45, 7) is 0. The van der Waals surface area contributed by atoms with Crippen molar-refractivity contribution in [3.8, 4) is 0 Å². The van der Waals surface area contributed by atoms with Crippen LogP contribution in [0, 0.1) is 0 Å². The second-order valence-corrected chi connectivity index (χ2v) is 7.64. The molecule has 0 aliphatic carbocycles. The van der Waals surface area contributed by atoms with Crippen molar-refractivity contribution >= 4 is 30.2 Å². The Labute approximate surface area is 171 Å². The number of carbonyl (C=O) groups is 1. The van der Waals surface area contributed by atoms with E-state index in [0.717, 1.165) is 23.6 Å². The Balaban J connectivity index is 0.000000735. The number of thiol groups is 1.